The number of benzene rings is 2. The number of carbonyl (C=O) groups excluding carboxylic acids is 2. The molecule has 218 valence electrons. The lowest BCUT2D eigenvalue weighted by Gasteiger charge is -2.38. The number of rotatable bonds is 12. The summed E-state index contributed by atoms with van der Waals surface area (Å²) in [6.45, 7) is 3.96. The van der Waals surface area contributed by atoms with Crippen molar-refractivity contribution in [2.75, 3.05) is 44.7 Å². The second-order valence-corrected chi connectivity index (χ2v) is 10.7. The third kappa shape index (κ3) is 6.89. The van der Waals surface area contributed by atoms with Crippen molar-refractivity contribution < 1.29 is 19.1 Å². The maximum absolute atomic E-state index is 12.8. The molecular formula is C31H40N6O4. The lowest BCUT2D eigenvalue weighted by atomic mass is 9.86. The summed E-state index contributed by atoms with van der Waals surface area (Å²) in [5.74, 6) is 2.20. The van der Waals surface area contributed by atoms with Gasteiger partial charge in [-0.2, -0.15) is 5.10 Å². The lowest BCUT2D eigenvalue weighted by molar-refractivity contribution is -0.133. The average Bonchev–Trinajstić information content (AvgIpc) is 3.40. The Balaban J connectivity index is 1.25. The molecule has 10 heteroatoms. The van der Waals surface area contributed by atoms with Crippen LogP contribution in [-0.2, 0) is 9.53 Å². The van der Waals surface area contributed by atoms with Gasteiger partial charge in [-0.05, 0) is 74.4 Å². The molecule has 1 saturated heterocycles. The number of amides is 2. The van der Waals surface area contributed by atoms with Crippen LogP contribution in [0.5, 0.6) is 11.5 Å². The fourth-order valence-electron chi connectivity index (χ4n) is 5.84. The van der Waals surface area contributed by atoms with E-state index < -0.39 is 5.91 Å². The van der Waals surface area contributed by atoms with Crippen LogP contribution in [0.25, 0.3) is 11.3 Å². The predicted octanol–water partition coefficient (Wildman–Crippen LogP) is 4.18. The summed E-state index contributed by atoms with van der Waals surface area (Å²) in [7, 11) is 0. The van der Waals surface area contributed by atoms with Crippen LogP contribution < -0.4 is 21.5 Å². The van der Waals surface area contributed by atoms with Gasteiger partial charge in [-0.3, -0.25) is 9.59 Å². The van der Waals surface area contributed by atoms with Gasteiger partial charge in [-0.1, -0.05) is 18.2 Å². The maximum Gasteiger partial charge on any atom is 0.254 e. The van der Waals surface area contributed by atoms with E-state index in [1.54, 1.807) is 0 Å². The van der Waals surface area contributed by atoms with Gasteiger partial charge < -0.3 is 31.2 Å². The molecule has 0 spiro atoms. The zero-order valence-electron chi connectivity index (χ0n) is 23.5. The third-order valence-corrected chi connectivity index (χ3v) is 7.94. The molecule has 0 unspecified atom stereocenters. The number of aromatic nitrogens is 2. The number of nitrogens with one attached hydrogen (secondary N) is 1. The fraction of sp³-hybridized carbons (Fsp3) is 0.452. The van der Waals surface area contributed by atoms with E-state index in [4.69, 9.17) is 26.0 Å². The van der Waals surface area contributed by atoms with Gasteiger partial charge in [0.1, 0.15) is 28.6 Å². The van der Waals surface area contributed by atoms with E-state index in [1.165, 1.54) is 0 Å². The number of nitrogens with two attached hydrogens (primary N) is 2. The Morgan fingerprint density at radius 1 is 0.951 bits per heavy atom. The summed E-state index contributed by atoms with van der Waals surface area (Å²) in [5.41, 5.74) is 13.1. The highest BCUT2D eigenvalue weighted by atomic mass is 16.5. The number of hydrogen-bond acceptors (Lipinski definition) is 7. The second kappa shape index (κ2) is 13.6. The number of anilines is 1. The summed E-state index contributed by atoms with van der Waals surface area (Å²) < 4.78 is 13.3. The highest BCUT2D eigenvalue weighted by Gasteiger charge is 2.35. The summed E-state index contributed by atoms with van der Waals surface area (Å²) in [4.78, 5) is 27.4. The first kappa shape index (κ1) is 28.6. The average molecular weight is 561 g/mol. The second-order valence-electron chi connectivity index (χ2n) is 10.7. The van der Waals surface area contributed by atoms with Crippen LogP contribution in [-0.4, -0.2) is 65.9 Å². The van der Waals surface area contributed by atoms with Gasteiger partial charge in [0, 0.05) is 44.8 Å². The third-order valence-electron chi connectivity index (χ3n) is 7.94. The van der Waals surface area contributed by atoms with Crippen LogP contribution in [0.2, 0.25) is 0 Å². The zero-order valence-corrected chi connectivity index (χ0v) is 23.5. The van der Waals surface area contributed by atoms with E-state index in [9.17, 15) is 9.59 Å². The number of carbonyl (C=O) groups is 2. The zero-order chi connectivity index (χ0) is 28.6. The molecule has 0 saturated carbocycles. The van der Waals surface area contributed by atoms with E-state index in [0.717, 1.165) is 63.1 Å². The van der Waals surface area contributed by atoms with Crippen molar-refractivity contribution in [1.82, 2.24) is 14.7 Å². The predicted molar refractivity (Wildman–Crippen MR) is 158 cm³/mol. The normalized spacial score (nSPS) is 17.1. The number of fused-ring (bicyclic) bond motifs is 1. The van der Waals surface area contributed by atoms with Crippen LogP contribution >= 0.6 is 0 Å². The molecule has 0 radical (unpaired) electrons. The first-order chi connectivity index (χ1) is 20.0. The number of primary amides is 1. The molecule has 2 aliphatic heterocycles. The Morgan fingerprint density at radius 2 is 1.68 bits per heavy atom. The minimum atomic E-state index is -0.507. The molecule has 0 aliphatic carbocycles. The van der Waals surface area contributed by atoms with Crippen molar-refractivity contribution in [3.63, 3.8) is 0 Å². The van der Waals surface area contributed by atoms with Crippen LogP contribution in [0.15, 0.2) is 54.6 Å². The molecule has 5 N–H and O–H groups in total. The Bertz CT molecular complexity index is 1300. The Kier molecular flexibility index (Phi) is 9.53. The van der Waals surface area contributed by atoms with Crippen molar-refractivity contribution >= 4 is 17.6 Å². The van der Waals surface area contributed by atoms with Gasteiger partial charge >= 0.3 is 0 Å². The van der Waals surface area contributed by atoms with Gasteiger partial charge in [0.2, 0.25) is 5.91 Å². The summed E-state index contributed by atoms with van der Waals surface area (Å²) in [5, 5.41) is 8.33. The molecule has 1 atom stereocenters. The summed E-state index contributed by atoms with van der Waals surface area (Å²) in [6.07, 6.45) is 4.95. The Morgan fingerprint density at radius 3 is 2.39 bits per heavy atom. The van der Waals surface area contributed by atoms with E-state index in [0.29, 0.717) is 54.9 Å². The number of para-hydroxylation sites is 1. The number of likely N-dealkylation sites (tertiary alicyclic amines) is 1. The molecule has 0 bridgehead atoms. The highest BCUT2D eigenvalue weighted by Crippen LogP contribution is 2.40. The maximum atomic E-state index is 12.8. The molecule has 3 aromatic rings. The van der Waals surface area contributed by atoms with Crippen molar-refractivity contribution in [3.05, 3.63) is 60.2 Å². The van der Waals surface area contributed by atoms with Crippen LogP contribution in [0.3, 0.4) is 0 Å². The number of piperidine rings is 1. The molecule has 1 aromatic heterocycles. The lowest BCUT2D eigenvalue weighted by Crippen LogP contribution is -2.41. The first-order valence-corrected chi connectivity index (χ1v) is 14.6. The molecule has 2 aliphatic rings. The van der Waals surface area contributed by atoms with Gasteiger partial charge in [-0.25, -0.2) is 4.68 Å². The van der Waals surface area contributed by atoms with Gasteiger partial charge in [0.05, 0.1) is 12.6 Å². The minimum absolute atomic E-state index is 0.135. The van der Waals surface area contributed by atoms with Gasteiger partial charge in [0.15, 0.2) is 0 Å². The topological polar surface area (TPSA) is 138 Å². The van der Waals surface area contributed by atoms with Crippen LogP contribution in [0.1, 0.15) is 54.9 Å². The summed E-state index contributed by atoms with van der Waals surface area (Å²) in [6, 6.07) is 17.3. The highest BCUT2D eigenvalue weighted by molar-refractivity contribution is 6.03. The number of nitrogens with zero attached hydrogens (tertiary/aromatic N) is 3. The number of hydrogen-bond donors (Lipinski definition) is 3. The van der Waals surface area contributed by atoms with E-state index in [1.807, 2.05) is 64.2 Å². The van der Waals surface area contributed by atoms with Crippen LogP contribution in [0.4, 0.5) is 5.82 Å². The molecule has 5 rings (SSSR count). The first-order valence-electron chi connectivity index (χ1n) is 14.6. The van der Waals surface area contributed by atoms with Crippen LogP contribution in [0, 0.1) is 5.92 Å². The molecule has 10 nitrogen and oxygen atoms in total. The monoisotopic (exact) mass is 560 g/mol. The molecule has 2 aromatic carbocycles. The quantitative estimate of drug-likeness (QED) is 0.283. The van der Waals surface area contributed by atoms with E-state index >= 15 is 0 Å². The van der Waals surface area contributed by atoms with Crippen molar-refractivity contribution in [2.24, 2.45) is 17.4 Å². The Labute approximate surface area is 241 Å². The van der Waals surface area contributed by atoms with E-state index in [-0.39, 0.29) is 11.9 Å². The Hall–Kier alpha value is -3.89. The minimum Gasteiger partial charge on any atom is -0.457 e. The fourth-order valence-corrected chi connectivity index (χ4v) is 5.84. The van der Waals surface area contributed by atoms with Crippen molar-refractivity contribution in [3.8, 4) is 22.8 Å². The molecule has 1 fully saturated rings. The largest absolute Gasteiger partial charge is 0.457 e. The van der Waals surface area contributed by atoms with Gasteiger partial charge in [0.25, 0.3) is 5.91 Å². The molecule has 3 heterocycles. The smallest absolute Gasteiger partial charge is 0.254 e. The molecule has 2 amide bonds. The standard InChI is InChI=1S/C31H40N6O4/c32-16-21-40-20-5-4-8-27(38)36-18-14-22(15-19-36)26-13-17-34-31-28(30(33)39)29(35-37(26)31)23-9-11-25(12-10-23)41-24-6-2-1-3-7-24/h1-3,6-7,9-12,22,26,34H,4-5,8,13-21,32H2,(H2,33,39)/t26-/m0/s1. The van der Waals surface area contributed by atoms with Crippen molar-refractivity contribution in [2.45, 2.75) is 44.6 Å². The molecular weight excluding hydrogens is 520 g/mol. The van der Waals surface area contributed by atoms with Crippen molar-refractivity contribution in [1.29, 1.82) is 0 Å². The number of ether oxygens (including phenoxy) is 2. The van der Waals surface area contributed by atoms with Gasteiger partial charge in [-0.15, -0.1) is 0 Å². The molecule has 41 heavy (non-hydrogen) atoms. The SMILES string of the molecule is NCCOCCCCC(=O)N1CCC([C@@H]2CCNc3c(C(N)=O)c(-c4ccc(Oc5ccccc5)cc4)nn32)CC1. The summed E-state index contributed by atoms with van der Waals surface area (Å²) >= 11 is 0. The van der Waals surface area contributed by atoms with E-state index in [2.05, 4.69) is 5.32 Å². The number of unbranched alkanes of at least 4 members (excludes halogenated alkanes) is 1.